The summed E-state index contributed by atoms with van der Waals surface area (Å²) < 4.78 is 23.9. The lowest BCUT2D eigenvalue weighted by molar-refractivity contribution is -0.147. The van der Waals surface area contributed by atoms with Crippen LogP contribution in [-0.4, -0.2) is 75.1 Å². The smallest absolute Gasteiger partial charge is 0.331 e. The van der Waals surface area contributed by atoms with Gasteiger partial charge in [-0.05, 0) is 91.1 Å². The molecule has 9 heteroatoms. The van der Waals surface area contributed by atoms with E-state index >= 15 is 0 Å². The number of amides is 2. The van der Waals surface area contributed by atoms with Crippen LogP contribution < -0.4 is 9.80 Å². The first-order valence-electron chi connectivity index (χ1n) is 19.3. The number of rotatable bonds is 9. The maximum absolute atomic E-state index is 13.1. The largest absolute Gasteiger partial charge is 0.454 e. The zero-order valence-corrected chi connectivity index (χ0v) is 29.5. The Balaban J connectivity index is 0.788. The van der Waals surface area contributed by atoms with Gasteiger partial charge in [0.05, 0.1) is 19.8 Å². The second-order valence-electron chi connectivity index (χ2n) is 15.1. The number of hydrogen-bond donors (Lipinski definition) is 0. The van der Waals surface area contributed by atoms with Crippen molar-refractivity contribution in [2.45, 2.75) is 101 Å². The van der Waals surface area contributed by atoms with Crippen molar-refractivity contribution in [1.82, 2.24) is 0 Å². The lowest BCUT2D eigenvalue weighted by Gasteiger charge is -2.26. The van der Waals surface area contributed by atoms with E-state index in [0.29, 0.717) is 19.1 Å². The zero-order chi connectivity index (χ0) is 34.7. The molecule has 0 radical (unpaired) electrons. The van der Waals surface area contributed by atoms with Crippen molar-refractivity contribution in [3.8, 4) is 0 Å². The summed E-state index contributed by atoms with van der Waals surface area (Å²) in [6.45, 7) is 2.55. The fourth-order valence-electron chi connectivity index (χ4n) is 9.04. The molecule has 2 aromatic carbocycles. The molecule has 51 heavy (non-hydrogen) atoms. The van der Waals surface area contributed by atoms with Gasteiger partial charge in [0.25, 0.3) is 0 Å². The van der Waals surface area contributed by atoms with E-state index in [2.05, 4.69) is 30.3 Å². The Morgan fingerprint density at radius 3 is 1.80 bits per heavy atom. The van der Waals surface area contributed by atoms with E-state index in [9.17, 15) is 14.4 Å². The van der Waals surface area contributed by atoms with Crippen LogP contribution in [0.5, 0.6) is 0 Å². The minimum absolute atomic E-state index is 0.152. The third-order valence-electron chi connectivity index (χ3n) is 11.8. The molecule has 9 nitrogen and oxygen atoms in total. The first kappa shape index (κ1) is 34.3. The van der Waals surface area contributed by atoms with Crippen molar-refractivity contribution < 1.29 is 33.3 Å². The summed E-state index contributed by atoms with van der Waals surface area (Å²) in [7, 11) is 0. The summed E-state index contributed by atoms with van der Waals surface area (Å²) in [5.41, 5.74) is 6.43. The van der Waals surface area contributed by atoms with Crippen LogP contribution in [-0.2, 0) is 46.2 Å². The number of carbonyl (C=O) groups excluding carboxylic acids is 3. The second-order valence-corrected chi connectivity index (χ2v) is 15.1. The Kier molecular flexibility index (Phi) is 10.4. The predicted molar refractivity (Wildman–Crippen MR) is 195 cm³/mol. The van der Waals surface area contributed by atoms with Gasteiger partial charge in [-0.15, -0.1) is 0 Å². The van der Waals surface area contributed by atoms with E-state index in [1.54, 1.807) is 6.08 Å². The Hall–Kier alpha value is -3.79. The monoisotopic (exact) mass is 694 g/mol. The van der Waals surface area contributed by atoms with Crippen molar-refractivity contribution in [3.63, 3.8) is 0 Å². The number of hydrogen-bond acceptors (Lipinski definition) is 7. The molecule has 270 valence electrons. The molecule has 2 amide bonds. The molecule has 4 fully saturated rings. The summed E-state index contributed by atoms with van der Waals surface area (Å²) in [5.74, 6) is 0.463. The van der Waals surface area contributed by atoms with Crippen LogP contribution in [0.15, 0.2) is 48.6 Å². The Labute approximate surface area is 300 Å². The van der Waals surface area contributed by atoms with Gasteiger partial charge in [-0.3, -0.25) is 9.59 Å². The maximum Gasteiger partial charge on any atom is 0.331 e. The third-order valence-corrected chi connectivity index (χ3v) is 11.8. The molecule has 2 aliphatic carbocycles. The molecule has 0 bridgehead atoms. The van der Waals surface area contributed by atoms with Gasteiger partial charge in [0.2, 0.25) is 11.8 Å². The van der Waals surface area contributed by atoms with E-state index in [1.165, 1.54) is 24.5 Å². The van der Waals surface area contributed by atoms with Gasteiger partial charge < -0.3 is 28.7 Å². The molecule has 6 aliphatic rings. The molecular weight excluding hydrogens is 644 g/mol. The minimum atomic E-state index is -0.494. The highest BCUT2D eigenvalue weighted by Gasteiger charge is 2.50. The summed E-state index contributed by atoms with van der Waals surface area (Å²) in [6.07, 6.45) is 18.8. The average molecular weight is 695 g/mol. The first-order chi connectivity index (χ1) is 25.0. The van der Waals surface area contributed by atoms with Crippen molar-refractivity contribution in [2.24, 2.45) is 11.8 Å². The van der Waals surface area contributed by atoms with Gasteiger partial charge in [-0.25, -0.2) is 4.79 Å². The molecule has 2 saturated carbocycles. The molecule has 0 aromatic heterocycles. The molecule has 0 unspecified atom stereocenters. The van der Waals surface area contributed by atoms with Crippen LogP contribution in [0.25, 0.3) is 12.2 Å². The lowest BCUT2D eigenvalue weighted by atomic mass is 9.88. The molecule has 2 saturated heterocycles. The quantitative estimate of drug-likeness (QED) is 0.220. The van der Waals surface area contributed by atoms with Gasteiger partial charge in [0.15, 0.2) is 6.10 Å². The fourth-order valence-corrected chi connectivity index (χ4v) is 9.04. The number of benzene rings is 2. The predicted octanol–water partition coefficient (Wildman–Crippen LogP) is 6.45. The number of carbonyl (C=O) groups is 3. The van der Waals surface area contributed by atoms with E-state index in [0.717, 1.165) is 105 Å². The van der Waals surface area contributed by atoms with E-state index < -0.39 is 12.1 Å². The van der Waals surface area contributed by atoms with E-state index in [4.69, 9.17) is 18.9 Å². The van der Waals surface area contributed by atoms with Gasteiger partial charge in [0, 0.05) is 42.4 Å². The highest BCUT2D eigenvalue weighted by molar-refractivity contribution is 5.98. The van der Waals surface area contributed by atoms with E-state index in [-0.39, 0.29) is 42.7 Å². The van der Waals surface area contributed by atoms with Crippen molar-refractivity contribution in [2.75, 3.05) is 42.7 Å². The second kappa shape index (κ2) is 15.4. The molecule has 4 aliphatic heterocycles. The normalized spacial score (nSPS) is 26.6. The Morgan fingerprint density at radius 1 is 0.686 bits per heavy atom. The number of anilines is 2. The fraction of sp³-hybridized carbons (Fsp3) is 0.548. The maximum atomic E-state index is 13.1. The van der Waals surface area contributed by atoms with Crippen LogP contribution in [0.3, 0.4) is 0 Å². The molecule has 4 heterocycles. The van der Waals surface area contributed by atoms with Gasteiger partial charge >= 0.3 is 5.97 Å². The minimum Gasteiger partial charge on any atom is -0.454 e. The third kappa shape index (κ3) is 7.44. The van der Waals surface area contributed by atoms with Gasteiger partial charge in [-0.1, -0.05) is 62.8 Å². The van der Waals surface area contributed by atoms with Crippen LogP contribution in [0, 0.1) is 11.8 Å². The molecule has 8 rings (SSSR count). The molecule has 0 N–H and O–H groups in total. The SMILES string of the molecule is O=C(/C=C/c1ccc2c(c1)CCN2C(=O)C1CCCCC1)O[C@@H]1CO[C@H]2[C@@H]1OC[C@@H]2OC/C=C/c1ccc2c(c1)CCN2C(=O)C1CCCCC1. The molecule has 4 atom stereocenters. The van der Waals surface area contributed by atoms with Crippen molar-refractivity contribution >= 4 is 41.3 Å². The van der Waals surface area contributed by atoms with Gasteiger partial charge in [0.1, 0.15) is 18.3 Å². The standard InChI is InChI=1S/C42H50N2O7/c45-38(18-15-29-14-17-35-33(25-29)20-22-44(35)42(47)31-11-5-2-6-12-31)51-37-27-50-39-36(26-49-40(37)39)48-23-7-8-28-13-16-34-32(24-28)19-21-43(34)41(46)30-9-3-1-4-10-30/h7-8,13-18,24-25,30-31,36-37,39-40H,1-6,9-12,19-23,26-27H2/b8-7+,18-15+/t36-,37+,39+,40+/m0/s1. The summed E-state index contributed by atoms with van der Waals surface area (Å²) in [4.78, 5) is 43.1. The number of esters is 1. The lowest BCUT2D eigenvalue weighted by Crippen LogP contribution is -2.35. The van der Waals surface area contributed by atoms with E-state index in [1.807, 2.05) is 28.0 Å². The molecule has 0 spiro atoms. The first-order valence-corrected chi connectivity index (χ1v) is 19.3. The van der Waals surface area contributed by atoms with Crippen LogP contribution in [0.2, 0.25) is 0 Å². The number of ether oxygens (including phenoxy) is 4. The van der Waals surface area contributed by atoms with Gasteiger partial charge in [-0.2, -0.15) is 0 Å². The Bertz CT molecular complexity index is 1670. The summed E-state index contributed by atoms with van der Waals surface area (Å²) in [5, 5.41) is 0. The summed E-state index contributed by atoms with van der Waals surface area (Å²) >= 11 is 0. The highest BCUT2D eigenvalue weighted by atomic mass is 16.7. The Morgan fingerprint density at radius 2 is 1.22 bits per heavy atom. The van der Waals surface area contributed by atoms with Crippen LogP contribution in [0.1, 0.15) is 86.5 Å². The number of fused-ring (bicyclic) bond motifs is 3. The summed E-state index contributed by atoms with van der Waals surface area (Å²) in [6, 6.07) is 12.4. The van der Waals surface area contributed by atoms with Crippen molar-refractivity contribution in [3.05, 3.63) is 70.8 Å². The van der Waals surface area contributed by atoms with Crippen LogP contribution in [0.4, 0.5) is 11.4 Å². The molecule has 2 aromatic rings. The van der Waals surface area contributed by atoms with Crippen molar-refractivity contribution in [1.29, 1.82) is 0 Å². The highest BCUT2D eigenvalue weighted by Crippen LogP contribution is 2.36. The molecular formula is C42H50N2O7. The topological polar surface area (TPSA) is 94.6 Å². The zero-order valence-electron chi connectivity index (χ0n) is 29.5. The average Bonchev–Trinajstić information content (AvgIpc) is 3.97. The van der Waals surface area contributed by atoms with Crippen LogP contribution >= 0.6 is 0 Å². The number of nitrogens with zero attached hydrogens (tertiary/aromatic N) is 2.